The minimum Gasteiger partial charge on any atom is -0.466 e. The quantitative estimate of drug-likeness (QED) is 0.559. The van der Waals surface area contributed by atoms with Crippen LogP contribution in [0.2, 0.25) is 0 Å². The van der Waals surface area contributed by atoms with Crippen LogP contribution in [-0.2, 0) is 25.5 Å². The molecule has 24 heavy (non-hydrogen) atoms. The van der Waals surface area contributed by atoms with Crippen molar-refractivity contribution >= 4 is 35.1 Å². The molecule has 0 bridgehead atoms. The summed E-state index contributed by atoms with van der Waals surface area (Å²) in [4.78, 5) is 37.7. The first-order chi connectivity index (χ1) is 11.4. The van der Waals surface area contributed by atoms with Gasteiger partial charge in [0.1, 0.15) is 6.42 Å². The van der Waals surface area contributed by atoms with E-state index in [0.717, 1.165) is 12.1 Å². The van der Waals surface area contributed by atoms with Crippen molar-refractivity contribution in [3.05, 3.63) is 29.8 Å². The Labute approximate surface area is 146 Å². The lowest BCUT2D eigenvalue weighted by atomic mass is 10.1. The summed E-state index contributed by atoms with van der Waals surface area (Å²) in [5.74, 6) is -0.589. The van der Waals surface area contributed by atoms with Crippen LogP contribution in [0.4, 0.5) is 5.69 Å². The second kappa shape index (κ2) is 8.33. The Morgan fingerprint density at radius 1 is 1.33 bits per heavy atom. The molecule has 0 saturated carbocycles. The average molecular weight is 349 g/mol. The maximum Gasteiger partial charge on any atom is 0.313 e. The largest absolute Gasteiger partial charge is 0.466 e. The minimum atomic E-state index is -0.510. The summed E-state index contributed by atoms with van der Waals surface area (Å²) < 4.78 is 4.76. The van der Waals surface area contributed by atoms with Crippen molar-refractivity contribution in [3.8, 4) is 0 Å². The predicted octanol–water partition coefficient (Wildman–Crippen LogP) is 2.61. The summed E-state index contributed by atoms with van der Waals surface area (Å²) >= 11 is 1.27. The zero-order chi connectivity index (χ0) is 17.7. The summed E-state index contributed by atoms with van der Waals surface area (Å²) in [6, 6.07) is 8.02. The van der Waals surface area contributed by atoms with E-state index in [1.165, 1.54) is 17.3 Å². The van der Waals surface area contributed by atoms with E-state index < -0.39 is 5.97 Å². The highest BCUT2D eigenvalue weighted by atomic mass is 32.2. The van der Waals surface area contributed by atoms with Crippen molar-refractivity contribution in [2.45, 2.75) is 44.9 Å². The number of Topliss-reactive ketones (excluding diaryl/α,β-unsaturated/α-hetero) is 1. The van der Waals surface area contributed by atoms with Gasteiger partial charge in [0.15, 0.2) is 5.78 Å². The van der Waals surface area contributed by atoms with E-state index in [1.807, 2.05) is 36.1 Å². The molecule has 0 N–H and O–H groups in total. The predicted molar refractivity (Wildman–Crippen MR) is 95.3 cm³/mol. The van der Waals surface area contributed by atoms with Crippen molar-refractivity contribution in [1.29, 1.82) is 0 Å². The summed E-state index contributed by atoms with van der Waals surface area (Å²) in [6.45, 7) is 5.80. The molecule has 1 aliphatic rings. The maximum absolute atomic E-state index is 12.8. The Kier molecular flexibility index (Phi) is 6.43. The smallest absolute Gasteiger partial charge is 0.313 e. The molecule has 0 spiro atoms. The molecule has 5 nitrogen and oxygen atoms in total. The molecule has 0 aliphatic carbocycles. The Morgan fingerprint density at radius 2 is 2.04 bits per heavy atom. The Bertz CT molecular complexity index is 631. The van der Waals surface area contributed by atoms with E-state index >= 15 is 0 Å². The maximum atomic E-state index is 12.8. The fourth-order valence-corrected chi connectivity index (χ4v) is 3.60. The number of hydrogen-bond acceptors (Lipinski definition) is 5. The van der Waals surface area contributed by atoms with Gasteiger partial charge in [-0.15, -0.1) is 11.8 Å². The van der Waals surface area contributed by atoms with Crippen LogP contribution in [-0.4, -0.2) is 41.3 Å². The molecule has 0 radical (unpaired) electrons. The number of ketones is 1. The average Bonchev–Trinajstić information content (AvgIpc) is 2.87. The fraction of sp³-hybridized carbons (Fsp3) is 0.500. The molecular formula is C18H23NO4S. The number of carbonyl (C=O) groups excluding carboxylic acids is 3. The summed E-state index contributed by atoms with van der Waals surface area (Å²) in [5, 5.41) is -0.343. The first kappa shape index (κ1) is 18.5. The van der Waals surface area contributed by atoms with Crippen LogP contribution in [0, 0.1) is 0 Å². The minimum absolute atomic E-state index is 0.00128. The van der Waals surface area contributed by atoms with Gasteiger partial charge in [0.05, 0.1) is 17.6 Å². The van der Waals surface area contributed by atoms with E-state index in [9.17, 15) is 14.4 Å². The molecule has 130 valence electrons. The monoisotopic (exact) mass is 349 g/mol. The van der Waals surface area contributed by atoms with Crippen LogP contribution in [0.15, 0.2) is 24.3 Å². The number of benzene rings is 1. The van der Waals surface area contributed by atoms with Crippen molar-refractivity contribution < 1.29 is 19.1 Å². The van der Waals surface area contributed by atoms with Crippen LogP contribution in [0.1, 0.15) is 32.8 Å². The summed E-state index contributed by atoms with van der Waals surface area (Å²) in [7, 11) is 0. The Hall–Kier alpha value is -1.82. The van der Waals surface area contributed by atoms with Crippen molar-refractivity contribution in [2.24, 2.45) is 0 Å². The van der Waals surface area contributed by atoms with Crippen LogP contribution >= 0.6 is 11.8 Å². The standard InChI is InChI=1S/C18H23NO4S/c1-4-23-17(21)10-15(20)11-24-13(3)18(22)19-12(2)9-14-7-5-6-8-16(14)19/h5-8,12-13H,4,9-11H2,1-3H3/t12-,13-/m1/s1. The molecular weight excluding hydrogens is 326 g/mol. The molecule has 0 unspecified atom stereocenters. The molecule has 1 amide bonds. The number of nitrogens with zero attached hydrogens (tertiary/aromatic N) is 1. The second-order valence-electron chi connectivity index (χ2n) is 5.86. The van der Waals surface area contributed by atoms with Gasteiger partial charge in [-0.05, 0) is 38.8 Å². The van der Waals surface area contributed by atoms with Crippen molar-refractivity contribution in [2.75, 3.05) is 17.3 Å². The van der Waals surface area contributed by atoms with E-state index in [-0.39, 0.29) is 41.8 Å². The Morgan fingerprint density at radius 3 is 2.75 bits per heavy atom. The van der Waals surface area contributed by atoms with E-state index in [1.54, 1.807) is 13.8 Å². The van der Waals surface area contributed by atoms with E-state index in [4.69, 9.17) is 4.74 Å². The summed E-state index contributed by atoms with van der Waals surface area (Å²) in [5.41, 5.74) is 2.13. The number of amides is 1. The number of esters is 1. The molecule has 1 heterocycles. The van der Waals surface area contributed by atoms with E-state index in [0.29, 0.717) is 0 Å². The van der Waals surface area contributed by atoms with Crippen LogP contribution < -0.4 is 4.90 Å². The van der Waals surface area contributed by atoms with Crippen LogP contribution in [0.5, 0.6) is 0 Å². The first-order valence-corrected chi connectivity index (χ1v) is 9.18. The Balaban J connectivity index is 1.91. The fourth-order valence-electron chi connectivity index (χ4n) is 2.81. The highest BCUT2D eigenvalue weighted by Crippen LogP contribution is 2.33. The number of ether oxygens (including phenoxy) is 1. The molecule has 2 atom stereocenters. The number of thioether (sulfide) groups is 1. The zero-order valence-corrected chi connectivity index (χ0v) is 15.1. The van der Waals surface area contributed by atoms with Crippen LogP contribution in [0.25, 0.3) is 0 Å². The van der Waals surface area contributed by atoms with Gasteiger partial charge in [-0.25, -0.2) is 0 Å². The van der Waals surface area contributed by atoms with Crippen LogP contribution in [0.3, 0.4) is 0 Å². The third-order valence-electron chi connectivity index (χ3n) is 3.93. The lowest BCUT2D eigenvalue weighted by Crippen LogP contribution is -2.40. The first-order valence-electron chi connectivity index (χ1n) is 8.14. The molecule has 1 aromatic carbocycles. The van der Waals surface area contributed by atoms with Crippen molar-refractivity contribution in [1.82, 2.24) is 0 Å². The number of para-hydroxylation sites is 1. The van der Waals surface area contributed by atoms with Gasteiger partial charge in [0.25, 0.3) is 0 Å². The van der Waals surface area contributed by atoms with Gasteiger partial charge in [0, 0.05) is 11.7 Å². The third-order valence-corrected chi connectivity index (χ3v) is 5.12. The zero-order valence-electron chi connectivity index (χ0n) is 14.3. The van der Waals surface area contributed by atoms with Gasteiger partial charge in [0.2, 0.25) is 5.91 Å². The van der Waals surface area contributed by atoms with Crippen molar-refractivity contribution in [3.63, 3.8) is 0 Å². The molecule has 1 aromatic rings. The van der Waals surface area contributed by atoms with E-state index in [2.05, 4.69) is 0 Å². The second-order valence-corrected chi connectivity index (χ2v) is 7.19. The number of anilines is 1. The normalized spacial score (nSPS) is 17.3. The lowest BCUT2D eigenvalue weighted by Gasteiger charge is -2.25. The molecule has 0 saturated heterocycles. The van der Waals surface area contributed by atoms with Gasteiger partial charge < -0.3 is 9.64 Å². The molecule has 6 heteroatoms. The number of hydrogen-bond donors (Lipinski definition) is 0. The van der Waals surface area contributed by atoms with Gasteiger partial charge in [-0.3, -0.25) is 14.4 Å². The lowest BCUT2D eigenvalue weighted by molar-refractivity contribution is -0.145. The summed E-state index contributed by atoms with van der Waals surface area (Å²) in [6.07, 6.45) is 0.617. The number of fused-ring (bicyclic) bond motifs is 1. The molecule has 2 rings (SSSR count). The van der Waals surface area contributed by atoms with Gasteiger partial charge >= 0.3 is 5.97 Å². The van der Waals surface area contributed by atoms with Gasteiger partial charge in [-0.2, -0.15) is 0 Å². The molecule has 0 fully saturated rings. The number of rotatable bonds is 7. The molecule has 1 aliphatic heterocycles. The number of carbonyl (C=O) groups is 3. The molecule has 0 aromatic heterocycles. The highest BCUT2D eigenvalue weighted by molar-refractivity contribution is 8.01. The highest BCUT2D eigenvalue weighted by Gasteiger charge is 2.33. The topological polar surface area (TPSA) is 63.7 Å². The third kappa shape index (κ3) is 4.38. The van der Waals surface area contributed by atoms with Gasteiger partial charge in [-0.1, -0.05) is 18.2 Å². The SMILES string of the molecule is CCOC(=O)CC(=O)CS[C@H](C)C(=O)N1c2ccccc2C[C@H]1C.